The van der Waals surface area contributed by atoms with Crippen molar-refractivity contribution in [3.8, 4) is 0 Å². The molecule has 3 rings (SSSR count). The average molecular weight is 422 g/mol. The lowest BCUT2D eigenvalue weighted by atomic mass is 9.85. The number of hydrogen-bond acceptors (Lipinski definition) is 4. The summed E-state index contributed by atoms with van der Waals surface area (Å²) in [5, 5.41) is 8.15. The number of benzene rings is 2. The van der Waals surface area contributed by atoms with Crippen LogP contribution in [0.15, 0.2) is 54.6 Å². The van der Waals surface area contributed by atoms with Crippen molar-refractivity contribution >= 4 is 35.1 Å². The highest BCUT2D eigenvalue weighted by molar-refractivity contribution is 6.10. The topological polar surface area (TPSA) is 108 Å². The van der Waals surface area contributed by atoms with E-state index < -0.39 is 29.9 Å². The Labute approximate surface area is 181 Å². The van der Waals surface area contributed by atoms with E-state index in [9.17, 15) is 19.2 Å². The molecule has 1 unspecified atom stereocenters. The molecule has 5 amide bonds. The molecule has 31 heavy (non-hydrogen) atoms. The van der Waals surface area contributed by atoms with Crippen molar-refractivity contribution in [3.05, 3.63) is 60.2 Å². The third-order valence-electron chi connectivity index (χ3n) is 5.14. The molecule has 2 aromatic carbocycles. The summed E-state index contributed by atoms with van der Waals surface area (Å²) < 4.78 is 0. The Morgan fingerprint density at radius 1 is 0.968 bits per heavy atom. The summed E-state index contributed by atoms with van der Waals surface area (Å²) in [7, 11) is 0. The molecule has 0 saturated carbocycles. The van der Waals surface area contributed by atoms with E-state index in [0.717, 1.165) is 17.7 Å². The van der Waals surface area contributed by atoms with Crippen LogP contribution >= 0.6 is 0 Å². The SMILES string of the molecule is CCCCC1(c2ccccc2)NC(=O)N(CC(=O)Nc2ccc(NC(C)=O)cc2)C1=O. The molecule has 162 valence electrons. The van der Waals surface area contributed by atoms with Gasteiger partial charge in [-0.1, -0.05) is 50.1 Å². The number of unbranched alkanes of at least 4 members (excludes halogenated alkanes) is 1. The van der Waals surface area contributed by atoms with Crippen LogP contribution < -0.4 is 16.0 Å². The zero-order valence-electron chi connectivity index (χ0n) is 17.6. The van der Waals surface area contributed by atoms with Gasteiger partial charge in [-0.2, -0.15) is 0 Å². The molecule has 1 saturated heterocycles. The van der Waals surface area contributed by atoms with Crippen LogP contribution in [-0.2, 0) is 19.9 Å². The highest BCUT2D eigenvalue weighted by Crippen LogP contribution is 2.34. The third kappa shape index (κ3) is 4.91. The van der Waals surface area contributed by atoms with Crippen LogP contribution in [0.25, 0.3) is 0 Å². The maximum Gasteiger partial charge on any atom is 0.325 e. The lowest BCUT2D eigenvalue weighted by molar-refractivity contribution is -0.134. The van der Waals surface area contributed by atoms with Crippen LogP contribution in [-0.4, -0.2) is 35.2 Å². The number of amides is 5. The number of hydrogen-bond donors (Lipinski definition) is 3. The fourth-order valence-corrected chi connectivity index (χ4v) is 3.63. The van der Waals surface area contributed by atoms with Gasteiger partial charge in [0.15, 0.2) is 0 Å². The normalized spacial score (nSPS) is 17.9. The first-order chi connectivity index (χ1) is 14.9. The summed E-state index contributed by atoms with van der Waals surface area (Å²) in [6, 6.07) is 15.1. The number of anilines is 2. The Morgan fingerprint density at radius 3 is 2.16 bits per heavy atom. The summed E-state index contributed by atoms with van der Waals surface area (Å²) in [5.41, 5.74) is 0.641. The van der Waals surface area contributed by atoms with Gasteiger partial charge in [0.05, 0.1) is 0 Å². The van der Waals surface area contributed by atoms with Crippen molar-refractivity contribution in [1.82, 2.24) is 10.2 Å². The lowest BCUT2D eigenvalue weighted by Crippen LogP contribution is -2.44. The summed E-state index contributed by atoms with van der Waals surface area (Å²) >= 11 is 0. The molecule has 1 atom stereocenters. The fraction of sp³-hybridized carbons (Fsp3) is 0.304. The maximum atomic E-state index is 13.3. The quantitative estimate of drug-likeness (QED) is 0.568. The van der Waals surface area contributed by atoms with Gasteiger partial charge in [0, 0.05) is 18.3 Å². The molecule has 0 spiro atoms. The Hall–Kier alpha value is -3.68. The van der Waals surface area contributed by atoms with Crippen molar-refractivity contribution in [2.24, 2.45) is 0 Å². The van der Waals surface area contributed by atoms with E-state index in [4.69, 9.17) is 0 Å². The number of carbonyl (C=O) groups is 4. The van der Waals surface area contributed by atoms with E-state index in [1.165, 1.54) is 6.92 Å². The summed E-state index contributed by atoms with van der Waals surface area (Å²) in [5.74, 6) is -1.11. The van der Waals surface area contributed by atoms with Gasteiger partial charge in [-0.15, -0.1) is 0 Å². The van der Waals surface area contributed by atoms with Crippen molar-refractivity contribution in [2.75, 3.05) is 17.2 Å². The molecule has 0 aromatic heterocycles. The van der Waals surface area contributed by atoms with Gasteiger partial charge < -0.3 is 16.0 Å². The van der Waals surface area contributed by atoms with Crippen LogP contribution in [0.1, 0.15) is 38.7 Å². The second-order valence-electron chi connectivity index (χ2n) is 7.50. The van der Waals surface area contributed by atoms with Gasteiger partial charge in [0.2, 0.25) is 11.8 Å². The first-order valence-electron chi connectivity index (χ1n) is 10.2. The largest absolute Gasteiger partial charge is 0.326 e. The molecular formula is C23H26N4O4. The number of nitrogens with one attached hydrogen (secondary N) is 3. The zero-order chi connectivity index (χ0) is 22.4. The number of rotatable bonds is 8. The van der Waals surface area contributed by atoms with Gasteiger partial charge >= 0.3 is 6.03 Å². The van der Waals surface area contributed by atoms with Crippen LogP contribution in [0.4, 0.5) is 16.2 Å². The van der Waals surface area contributed by atoms with E-state index in [1.807, 2.05) is 37.3 Å². The van der Waals surface area contributed by atoms with E-state index in [2.05, 4.69) is 16.0 Å². The molecule has 0 aliphatic carbocycles. The minimum atomic E-state index is -1.16. The van der Waals surface area contributed by atoms with Crippen molar-refractivity contribution < 1.29 is 19.2 Å². The van der Waals surface area contributed by atoms with Crippen LogP contribution in [0.2, 0.25) is 0 Å². The Morgan fingerprint density at radius 2 is 1.58 bits per heavy atom. The minimum absolute atomic E-state index is 0.194. The van der Waals surface area contributed by atoms with E-state index in [0.29, 0.717) is 23.4 Å². The Bertz CT molecular complexity index is 975. The molecule has 3 N–H and O–H groups in total. The highest BCUT2D eigenvalue weighted by Gasteiger charge is 2.52. The number of imide groups is 1. The molecule has 8 nitrogen and oxygen atoms in total. The number of carbonyl (C=O) groups excluding carboxylic acids is 4. The smallest absolute Gasteiger partial charge is 0.325 e. The molecule has 1 aliphatic rings. The van der Waals surface area contributed by atoms with Gasteiger partial charge in [-0.25, -0.2) is 4.79 Å². The number of urea groups is 1. The first-order valence-corrected chi connectivity index (χ1v) is 10.2. The third-order valence-corrected chi connectivity index (χ3v) is 5.14. The zero-order valence-corrected chi connectivity index (χ0v) is 17.6. The van der Waals surface area contributed by atoms with Crippen LogP contribution in [0.3, 0.4) is 0 Å². The van der Waals surface area contributed by atoms with E-state index in [1.54, 1.807) is 24.3 Å². The van der Waals surface area contributed by atoms with Crippen LogP contribution in [0.5, 0.6) is 0 Å². The molecule has 8 heteroatoms. The van der Waals surface area contributed by atoms with E-state index in [-0.39, 0.29) is 5.91 Å². The predicted octanol–water partition coefficient (Wildman–Crippen LogP) is 3.22. The molecule has 1 fully saturated rings. The average Bonchev–Trinajstić information content (AvgIpc) is 2.99. The minimum Gasteiger partial charge on any atom is -0.326 e. The molecule has 1 heterocycles. The molecule has 2 aromatic rings. The standard InChI is InChI=1S/C23H26N4O4/c1-3-4-14-23(17-8-6-5-7-9-17)21(30)27(22(31)26-23)15-20(29)25-19-12-10-18(11-13-19)24-16(2)28/h5-13H,3-4,14-15H2,1-2H3,(H,24,28)(H,25,29)(H,26,31). The fourth-order valence-electron chi connectivity index (χ4n) is 3.63. The maximum absolute atomic E-state index is 13.3. The van der Waals surface area contributed by atoms with Gasteiger partial charge in [0.25, 0.3) is 5.91 Å². The summed E-state index contributed by atoms with van der Waals surface area (Å²) in [4.78, 5) is 50.5. The van der Waals surface area contributed by atoms with Gasteiger partial charge in [-0.05, 0) is 36.2 Å². The Balaban J connectivity index is 1.72. The highest BCUT2D eigenvalue weighted by atomic mass is 16.2. The predicted molar refractivity (Wildman–Crippen MR) is 117 cm³/mol. The molecular weight excluding hydrogens is 396 g/mol. The monoisotopic (exact) mass is 422 g/mol. The summed E-state index contributed by atoms with van der Waals surface area (Å²) in [6.45, 7) is 3.03. The van der Waals surface area contributed by atoms with Crippen LogP contribution in [0, 0.1) is 0 Å². The second-order valence-corrected chi connectivity index (χ2v) is 7.50. The molecule has 0 radical (unpaired) electrons. The van der Waals surface area contributed by atoms with Gasteiger partial charge in [-0.3, -0.25) is 19.3 Å². The second kappa shape index (κ2) is 9.42. The van der Waals surface area contributed by atoms with Crippen molar-refractivity contribution in [1.29, 1.82) is 0 Å². The first kappa shape index (κ1) is 22.0. The lowest BCUT2D eigenvalue weighted by Gasteiger charge is -2.27. The number of nitrogens with zero attached hydrogens (tertiary/aromatic N) is 1. The van der Waals surface area contributed by atoms with E-state index >= 15 is 0 Å². The molecule has 1 aliphatic heterocycles. The molecule has 0 bridgehead atoms. The Kier molecular flexibility index (Phi) is 6.69. The van der Waals surface area contributed by atoms with Crippen molar-refractivity contribution in [2.45, 2.75) is 38.6 Å². The summed E-state index contributed by atoms with van der Waals surface area (Å²) in [6.07, 6.45) is 2.08. The van der Waals surface area contributed by atoms with Gasteiger partial charge in [0.1, 0.15) is 12.1 Å². The van der Waals surface area contributed by atoms with Crippen molar-refractivity contribution in [3.63, 3.8) is 0 Å².